The van der Waals surface area contributed by atoms with Crippen molar-refractivity contribution in [1.82, 2.24) is 4.90 Å². The highest BCUT2D eigenvalue weighted by Crippen LogP contribution is 2.23. The van der Waals surface area contributed by atoms with Crippen molar-refractivity contribution in [2.24, 2.45) is 0 Å². The van der Waals surface area contributed by atoms with E-state index in [2.05, 4.69) is 6.07 Å². The molecule has 2 rings (SSSR count). The molecule has 1 amide bonds. The van der Waals surface area contributed by atoms with Gasteiger partial charge in [-0.3, -0.25) is 4.79 Å². The molecule has 0 aliphatic heterocycles. The first-order chi connectivity index (χ1) is 10.1. The summed E-state index contributed by atoms with van der Waals surface area (Å²) in [6, 6.07) is 13.4. The van der Waals surface area contributed by atoms with Gasteiger partial charge < -0.3 is 4.90 Å². The Bertz CT molecular complexity index is 683. The highest BCUT2D eigenvalue weighted by Gasteiger charge is 2.15. The third-order valence-corrected chi connectivity index (χ3v) is 4.41. The molecule has 0 saturated heterocycles. The van der Waals surface area contributed by atoms with Crippen LogP contribution in [0.3, 0.4) is 0 Å². The number of amides is 1. The SMILES string of the molecule is C[C@H](c1cccs1)N(C)C(=O)/C=C\c1ccccc1C#N. The third kappa shape index (κ3) is 3.59. The van der Waals surface area contributed by atoms with Crippen LogP contribution in [0, 0.1) is 11.3 Å². The second kappa shape index (κ2) is 6.87. The lowest BCUT2D eigenvalue weighted by Gasteiger charge is -2.22. The number of hydrogen-bond acceptors (Lipinski definition) is 3. The van der Waals surface area contributed by atoms with Gasteiger partial charge in [-0.2, -0.15) is 5.26 Å². The fourth-order valence-corrected chi connectivity index (χ4v) is 2.76. The molecule has 0 aliphatic carbocycles. The van der Waals surface area contributed by atoms with Crippen molar-refractivity contribution in [1.29, 1.82) is 5.26 Å². The number of likely N-dealkylation sites (N-methyl/N-ethyl adjacent to an activating group) is 1. The molecule has 0 fully saturated rings. The van der Waals surface area contributed by atoms with Gasteiger partial charge in [-0.25, -0.2) is 0 Å². The number of carbonyl (C=O) groups excluding carboxylic acids is 1. The standard InChI is InChI=1S/C17H16N2OS/c1-13(16-8-5-11-21-16)19(2)17(20)10-9-14-6-3-4-7-15(14)12-18/h3-11,13H,1-2H3/b10-9-/t13-/m1/s1. The molecule has 4 heteroatoms. The molecule has 1 aromatic carbocycles. The van der Waals surface area contributed by atoms with Crippen LogP contribution >= 0.6 is 11.3 Å². The molecular weight excluding hydrogens is 280 g/mol. The van der Waals surface area contributed by atoms with E-state index in [0.717, 1.165) is 10.4 Å². The molecule has 0 N–H and O–H groups in total. The molecule has 1 atom stereocenters. The molecule has 0 bridgehead atoms. The Labute approximate surface area is 128 Å². The summed E-state index contributed by atoms with van der Waals surface area (Å²) in [5, 5.41) is 11.0. The fraction of sp³-hybridized carbons (Fsp3) is 0.176. The van der Waals surface area contributed by atoms with E-state index in [4.69, 9.17) is 5.26 Å². The normalized spacial score (nSPS) is 12.0. The Morgan fingerprint density at radius 2 is 2.10 bits per heavy atom. The molecule has 21 heavy (non-hydrogen) atoms. The van der Waals surface area contributed by atoms with Crippen molar-refractivity contribution in [3.8, 4) is 6.07 Å². The molecule has 0 unspecified atom stereocenters. The van der Waals surface area contributed by atoms with Crippen LogP contribution in [0.15, 0.2) is 47.9 Å². The summed E-state index contributed by atoms with van der Waals surface area (Å²) in [5.41, 5.74) is 1.32. The van der Waals surface area contributed by atoms with E-state index in [1.165, 1.54) is 6.08 Å². The maximum absolute atomic E-state index is 12.2. The topological polar surface area (TPSA) is 44.1 Å². The maximum atomic E-state index is 12.2. The lowest BCUT2D eigenvalue weighted by molar-refractivity contribution is -0.126. The van der Waals surface area contributed by atoms with E-state index >= 15 is 0 Å². The molecular formula is C17H16N2OS. The first-order valence-corrected chi connectivity index (χ1v) is 7.49. The molecule has 0 radical (unpaired) electrons. The van der Waals surface area contributed by atoms with Gasteiger partial charge in [-0.05, 0) is 36.1 Å². The molecule has 0 aliphatic rings. The van der Waals surface area contributed by atoms with Crippen molar-refractivity contribution >= 4 is 23.3 Å². The van der Waals surface area contributed by atoms with Crippen LogP contribution < -0.4 is 0 Å². The van der Waals surface area contributed by atoms with Gasteiger partial charge in [0.05, 0.1) is 17.7 Å². The number of benzene rings is 1. The number of thiophene rings is 1. The molecule has 106 valence electrons. The van der Waals surface area contributed by atoms with E-state index in [1.807, 2.05) is 42.6 Å². The predicted octanol–water partition coefficient (Wildman–Crippen LogP) is 3.85. The zero-order chi connectivity index (χ0) is 15.2. The van der Waals surface area contributed by atoms with Crippen molar-refractivity contribution in [2.75, 3.05) is 7.05 Å². The van der Waals surface area contributed by atoms with Crippen molar-refractivity contribution in [3.05, 3.63) is 63.9 Å². The zero-order valence-electron chi connectivity index (χ0n) is 12.0. The van der Waals surface area contributed by atoms with Crippen LogP contribution in [-0.4, -0.2) is 17.9 Å². The summed E-state index contributed by atoms with van der Waals surface area (Å²) >= 11 is 1.64. The van der Waals surface area contributed by atoms with Gasteiger partial charge in [0.2, 0.25) is 5.91 Å². The minimum Gasteiger partial charge on any atom is -0.335 e. The van der Waals surface area contributed by atoms with Crippen LogP contribution in [-0.2, 0) is 4.79 Å². The lowest BCUT2D eigenvalue weighted by Crippen LogP contribution is -2.27. The van der Waals surface area contributed by atoms with Crippen LogP contribution in [0.1, 0.15) is 29.0 Å². The summed E-state index contributed by atoms with van der Waals surface area (Å²) < 4.78 is 0. The number of rotatable bonds is 4. The smallest absolute Gasteiger partial charge is 0.246 e. The van der Waals surface area contributed by atoms with E-state index < -0.39 is 0 Å². The monoisotopic (exact) mass is 296 g/mol. The Morgan fingerprint density at radius 1 is 1.33 bits per heavy atom. The number of nitriles is 1. The molecule has 3 nitrogen and oxygen atoms in total. The molecule has 2 aromatic rings. The minimum absolute atomic E-state index is 0.0355. The van der Waals surface area contributed by atoms with Crippen LogP contribution in [0.5, 0.6) is 0 Å². The summed E-state index contributed by atoms with van der Waals surface area (Å²) in [7, 11) is 1.78. The van der Waals surface area contributed by atoms with Crippen LogP contribution in [0.25, 0.3) is 6.08 Å². The number of nitrogens with zero attached hydrogens (tertiary/aromatic N) is 2. The van der Waals surface area contributed by atoms with Gasteiger partial charge >= 0.3 is 0 Å². The van der Waals surface area contributed by atoms with E-state index in [1.54, 1.807) is 35.4 Å². The van der Waals surface area contributed by atoms with Crippen LogP contribution in [0.2, 0.25) is 0 Å². The highest BCUT2D eigenvalue weighted by molar-refractivity contribution is 7.10. The van der Waals surface area contributed by atoms with Gasteiger partial charge in [-0.15, -0.1) is 11.3 Å². The largest absolute Gasteiger partial charge is 0.335 e. The Morgan fingerprint density at radius 3 is 2.76 bits per heavy atom. The summed E-state index contributed by atoms with van der Waals surface area (Å²) in [6.45, 7) is 2.00. The maximum Gasteiger partial charge on any atom is 0.246 e. The average Bonchev–Trinajstić information content (AvgIpc) is 3.05. The number of carbonyl (C=O) groups is 1. The minimum atomic E-state index is -0.0800. The average molecular weight is 296 g/mol. The quantitative estimate of drug-likeness (QED) is 0.804. The van der Waals surface area contributed by atoms with E-state index in [9.17, 15) is 4.79 Å². The summed E-state index contributed by atoms with van der Waals surface area (Å²) in [5.74, 6) is -0.0800. The molecule has 1 heterocycles. The first-order valence-electron chi connectivity index (χ1n) is 6.61. The second-order valence-corrected chi connectivity index (χ2v) is 5.65. The van der Waals surface area contributed by atoms with Crippen LogP contribution in [0.4, 0.5) is 0 Å². The van der Waals surface area contributed by atoms with E-state index in [0.29, 0.717) is 5.56 Å². The van der Waals surface area contributed by atoms with Gasteiger partial charge in [0.1, 0.15) is 0 Å². The second-order valence-electron chi connectivity index (χ2n) is 4.67. The van der Waals surface area contributed by atoms with E-state index in [-0.39, 0.29) is 11.9 Å². The molecule has 0 spiro atoms. The molecule has 0 saturated carbocycles. The Kier molecular flexibility index (Phi) is 4.91. The van der Waals surface area contributed by atoms with Crippen molar-refractivity contribution in [3.63, 3.8) is 0 Å². The third-order valence-electron chi connectivity index (χ3n) is 3.37. The molecule has 1 aromatic heterocycles. The highest BCUT2D eigenvalue weighted by atomic mass is 32.1. The zero-order valence-corrected chi connectivity index (χ0v) is 12.8. The van der Waals surface area contributed by atoms with Gasteiger partial charge in [0.25, 0.3) is 0 Å². The van der Waals surface area contributed by atoms with Gasteiger partial charge in [0.15, 0.2) is 0 Å². The number of hydrogen-bond donors (Lipinski definition) is 0. The fourth-order valence-electron chi connectivity index (χ4n) is 1.93. The summed E-state index contributed by atoms with van der Waals surface area (Å²) in [4.78, 5) is 15.1. The van der Waals surface area contributed by atoms with Crippen molar-refractivity contribution < 1.29 is 4.79 Å². The Hall–Kier alpha value is -2.38. The Balaban J connectivity index is 2.10. The predicted molar refractivity (Wildman–Crippen MR) is 85.7 cm³/mol. The summed E-state index contributed by atoms with van der Waals surface area (Å²) in [6.07, 6.45) is 3.21. The van der Waals surface area contributed by atoms with Gasteiger partial charge in [-0.1, -0.05) is 24.3 Å². The van der Waals surface area contributed by atoms with Crippen molar-refractivity contribution in [2.45, 2.75) is 13.0 Å². The first kappa shape index (κ1) is 15.0. The van der Waals surface area contributed by atoms with Gasteiger partial charge in [0, 0.05) is 18.0 Å². The lowest BCUT2D eigenvalue weighted by atomic mass is 10.1.